The van der Waals surface area contributed by atoms with Gasteiger partial charge in [-0.15, -0.1) is 0 Å². The summed E-state index contributed by atoms with van der Waals surface area (Å²) in [6.07, 6.45) is 0. The summed E-state index contributed by atoms with van der Waals surface area (Å²) < 4.78 is 25.8. The molecule has 0 bridgehead atoms. The van der Waals surface area contributed by atoms with E-state index in [9.17, 15) is 13.6 Å². The van der Waals surface area contributed by atoms with Crippen molar-refractivity contribution in [3.63, 3.8) is 0 Å². The second kappa shape index (κ2) is 4.18. The van der Waals surface area contributed by atoms with Crippen molar-refractivity contribution >= 4 is 29.0 Å². The van der Waals surface area contributed by atoms with E-state index in [1.165, 1.54) is 0 Å². The fourth-order valence-corrected chi connectivity index (χ4v) is 1.11. The maximum Gasteiger partial charge on any atom is 0.340 e. The van der Waals surface area contributed by atoms with Gasteiger partial charge in [-0.3, -0.25) is 0 Å². The van der Waals surface area contributed by atoms with Crippen molar-refractivity contribution in [1.82, 2.24) is 0 Å². The highest BCUT2D eigenvalue weighted by Crippen LogP contribution is 2.21. The molecule has 80 valence electrons. The summed E-state index contributed by atoms with van der Waals surface area (Å²) in [6.45, 7) is 0. The lowest BCUT2D eigenvalue weighted by molar-refractivity contribution is 0.0692. The molecule has 0 unspecified atom stereocenters. The zero-order valence-electron chi connectivity index (χ0n) is 7.25. The minimum atomic E-state index is -1.61. The molecule has 0 saturated carbocycles. The van der Waals surface area contributed by atoms with Gasteiger partial charge in [0, 0.05) is 0 Å². The zero-order valence-corrected chi connectivity index (χ0v) is 8.07. The molecule has 0 aromatic heterocycles. The molecule has 0 aliphatic carbocycles. The molecule has 7 heteroatoms. The summed E-state index contributed by atoms with van der Waals surface area (Å²) >= 11 is 4.46. The monoisotopic (exact) mass is 232 g/mol. The number of carboxylic acid groups (broad SMARTS) is 1. The van der Waals surface area contributed by atoms with Crippen LogP contribution in [0.25, 0.3) is 0 Å². The first kappa shape index (κ1) is 11.3. The molecule has 1 rings (SSSR count). The van der Waals surface area contributed by atoms with Crippen molar-refractivity contribution in [2.45, 2.75) is 0 Å². The van der Waals surface area contributed by atoms with Crippen LogP contribution in [0, 0.1) is 11.6 Å². The van der Waals surface area contributed by atoms with Crippen LogP contribution in [0.2, 0.25) is 0 Å². The molecular weight excluding hydrogens is 226 g/mol. The lowest BCUT2D eigenvalue weighted by Gasteiger charge is -2.08. The van der Waals surface area contributed by atoms with E-state index < -0.39 is 23.2 Å². The Morgan fingerprint density at radius 3 is 2.53 bits per heavy atom. The van der Waals surface area contributed by atoms with Crippen molar-refractivity contribution in [2.75, 3.05) is 5.32 Å². The molecule has 0 heterocycles. The molecular formula is C8H6F2N2O2S. The molecule has 0 aliphatic rings. The van der Waals surface area contributed by atoms with Crippen LogP contribution in [0.15, 0.2) is 12.1 Å². The minimum Gasteiger partial charge on any atom is -0.478 e. The standard InChI is InChI=1S/C8H6F2N2O2S/c9-3-1-2-4(12-8(11)15)5(6(3)10)7(13)14/h1-2H,(H,13,14)(H3,11,12,15). The number of carboxylic acids is 1. The summed E-state index contributed by atoms with van der Waals surface area (Å²) in [4.78, 5) is 10.6. The van der Waals surface area contributed by atoms with Gasteiger partial charge >= 0.3 is 5.97 Å². The average Bonchev–Trinajstić information content (AvgIpc) is 2.10. The first-order chi connectivity index (χ1) is 6.93. The van der Waals surface area contributed by atoms with E-state index >= 15 is 0 Å². The molecule has 4 N–H and O–H groups in total. The van der Waals surface area contributed by atoms with Gasteiger partial charge in [0.1, 0.15) is 5.56 Å². The molecule has 0 saturated heterocycles. The predicted octanol–water partition coefficient (Wildman–Crippen LogP) is 1.32. The highest BCUT2D eigenvalue weighted by atomic mass is 32.1. The lowest BCUT2D eigenvalue weighted by Crippen LogP contribution is -2.21. The number of rotatable bonds is 2. The third-order valence-corrected chi connectivity index (χ3v) is 1.67. The highest BCUT2D eigenvalue weighted by Gasteiger charge is 2.19. The van der Waals surface area contributed by atoms with Gasteiger partial charge in [0.15, 0.2) is 16.7 Å². The molecule has 0 amide bonds. The average molecular weight is 232 g/mol. The number of halogens is 2. The highest BCUT2D eigenvalue weighted by molar-refractivity contribution is 7.80. The fourth-order valence-electron chi connectivity index (χ4n) is 0.997. The Hall–Kier alpha value is -1.76. The van der Waals surface area contributed by atoms with Crippen LogP contribution in [0.5, 0.6) is 0 Å². The van der Waals surface area contributed by atoms with Crippen molar-refractivity contribution in [3.05, 3.63) is 29.3 Å². The second-order valence-electron chi connectivity index (χ2n) is 2.58. The number of thiocarbonyl (C=S) groups is 1. The molecule has 4 nitrogen and oxygen atoms in total. The Labute approximate surface area is 88.7 Å². The van der Waals surface area contributed by atoms with Crippen molar-refractivity contribution in [2.24, 2.45) is 5.73 Å². The van der Waals surface area contributed by atoms with Gasteiger partial charge < -0.3 is 16.2 Å². The molecule has 0 spiro atoms. The quantitative estimate of drug-likeness (QED) is 0.670. The van der Waals surface area contributed by atoms with E-state index in [-0.39, 0.29) is 10.8 Å². The zero-order chi connectivity index (χ0) is 11.6. The number of hydrogen-bond donors (Lipinski definition) is 3. The Morgan fingerprint density at radius 1 is 1.47 bits per heavy atom. The van der Waals surface area contributed by atoms with Crippen molar-refractivity contribution < 1.29 is 18.7 Å². The normalized spacial score (nSPS) is 9.73. The number of anilines is 1. The van der Waals surface area contributed by atoms with E-state index in [0.717, 1.165) is 12.1 Å². The molecule has 15 heavy (non-hydrogen) atoms. The topological polar surface area (TPSA) is 75.3 Å². The van der Waals surface area contributed by atoms with Gasteiger partial charge in [-0.2, -0.15) is 0 Å². The van der Waals surface area contributed by atoms with Gasteiger partial charge in [0.05, 0.1) is 5.69 Å². The number of nitrogens with two attached hydrogens (primary N) is 1. The SMILES string of the molecule is NC(=S)Nc1ccc(F)c(F)c1C(=O)O. The summed E-state index contributed by atoms with van der Waals surface area (Å²) in [6, 6.07) is 1.82. The van der Waals surface area contributed by atoms with E-state index in [4.69, 9.17) is 10.8 Å². The van der Waals surface area contributed by atoms with Gasteiger partial charge in [-0.05, 0) is 24.4 Å². The largest absolute Gasteiger partial charge is 0.478 e. The number of carbonyl (C=O) groups is 1. The van der Waals surface area contributed by atoms with E-state index in [2.05, 4.69) is 17.5 Å². The third-order valence-electron chi connectivity index (χ3n) is 1.57. The Balaban J connectivity index is 3.33. The van der Waals surface area contributed by atoms with Gasteiger partial charge in [0.25, 0.3) is 0 Å². The van der Waals surface area contributed by atoms with Crippen LogP contribution >= 0.6 is 12.2 Å². The van der Waals surface area contributed by atoms with Crippen LogP contribution in [-0.2, 0) is 0 Å². The number of benzene rings is 1. The first-order valence-corrected chi connectivity index (χ1v) is 4.12. The minimum absolute atomic E-state index is 0.186. The molecule has 0 fully saturated rings. The molecule has 0 aliphatic heterocycles. The van der Waals surface area contributed by atoms with Gasteiger partial charge in [-0.1, -0.05) is 0 Å². The third kappa shape index (κ3) is 2.38. The predicted molar refractivity (Wildman–Crippen MR) is 53.7 cm³/mol. The number of hydrogen-bond acceptors (Lipinski definition) is 2. The molecule has 0 radical (unpaired) electrons. The summed E-state index contributed by atoms with van der Waals surface area (Å²) in [7, 11) is 0. The summed E-state index contributed by atoms with van der Waals surface area (Å²) in [5, 5.41) is 10.7. The van der Waals surface area contributed by atoms with Crippen LogP contribution in [0.1, 0.15) is 10.4 Å². The van der Waals surface area contributed by atoms with Crippen LogP contribution in [0.3, 0.4) is 0 Å². The van der Waals surface area contributed by atoms with Crippen molar-refractivity contribution in [1.29, 1.82) is 0 Å². The van der Waals surface area contributed by atoms with Crippen molar-refractivity contribution in [3.8, 4) is 0 Å². The lowest BCUT2D eigenvalue weighted by atomic mass is 10.1. The summed E-state index contributed by atoms with van der Waals surface area (Å²) in [5.74, 6) is -4.31. The smallest absolute Gasteiger partial charge is 0.340 e. The molecule has 1 aromatic carbocycles. The Bertz CT molecular complexity index is 437. The van der Waals surface area contributed by atoms with Gasteiger partial charge in [-0.25, -0.2) is 13.6 Å². The number of nitrogens with one attached hydrogen (secondary N) is 1. The molecule has 1 aromatic rings. The van der Waals surface area contributed by atoms with E-state index in [0.29, 0.717) is 0 Å². The maximum atomic E-state index is 13.1. The Kier molecular flexibility index (Phi) is 3.15. The first-order valence-electron chi connectivity index (χ1n) is 3.71. The van der Waals surface area contributed by atoms with E-state index in [1.807, 2.05) is 0 Å². The van der Waals surface area contributed by atoms with E-state index in [1.54, 1.807) is 0 Å². The van der Waals surface area contributed by atoms with Gasteiger partial charge in [0.2, 0.25) is 0 Å². The molecule has 0 atom stereocenters. The summed E-state index contributed by atoms with van der Waals surface area (Å²) in [5.41, 5.74) is 4.08. The number of aromatic carboxylic acids is 1. The second-order valence-corrected chi connectivity index (χ2v) is 3.02. The maximum absolute atomic E-state index is 13.1. The van der Waals surface area contributed by atoms with Crippen LogP contribution in [0.4, 0.5) is 14.5 Å². The van der Waals surface area contributed by atoms with Crippen LogP contribution in [-0.4, -0.2) is 16.2 Å². The fraction of sp³-hybridized carbons (Fsp3) is 0. The Morgan fingerprint density at radius 2 is 2.07 bits per heavy atom. The van der Waals surface area contributed by atoms with Crippen LogP contribution < -0.4 is 11.1 Å².